The van der Waals surface area contributed by atoms with Crippen LogP contribution in [-0.2, 0) is 9.53 Å². The van der Waals surface area contributed by atoms with E-state index in [1.807, 2.05) is 13.8 Å². The summed E-state index contributed by atoms with van der Waals surface area (Å²) in [4.78, 5) is 13.7. The molecule has 0 aliphatic carbocycles. The minimum atomic E-state index is -0.0276. The smallest absolute Gasteiger partial charge is 0.308 e. The third kappa shape index (κ3) is 5.50. The zero-order valence-electron chi connectivity index (χ0n) is 11.3. The Balaban J connectivity index is 0.00000106. The molecule has 1 rings (SSSR count). The van der Waals surface area contributed by atoms with Gasteiger partial charge < -0.3 is 9.64 Å². The molecule has 0 bridgehead atoms. The molecule has 1 aliphatic heterocycles. The van der Waals surface area contributed by atoms with Crippen LogP contribution in [0.3, 0.4) is 0 Å². The van der Waals surface area contributed by atoms with Crippen LogP contribution in [-0.4, -0.2) is 37.6 Å². The van der Waals surface area contributed by atoms with Crippen molar-refractivity contribution in [1.29, 1.82) is 0 Å². The van der Waals surface area contributed by atoms with E-state index in [2.05, 4.69) is 11.8 Å². The summed E-state index contributed by atoms with van der Waals surface area (Å²) >= 11 is 0. The highest BCUT2D eigenvalue weighted by Crippen LogP contribution is 2.18. The lowest BCUT2D eigenvalue weighted by Gasteiger charge is -2.30. The molecule has 0 N–H and O–H groups in total. The fraction of sp³-hybridized carbons (Fsp3) is 0.923. The number of methoxy groups -OCH3 is 1. The second-order valence-electron chi connectivity index (χ2n) is 3.99. The van der Waals surface area contributed by atoms with Crippen molar-refractivity contribution in [3.05, 3.63) is 0 Å². The first kappa shape index (κ1) is 15.4. The molecule has 0 saturated carbocycles. The SMILES string of the molecule is CC.CCCCN1CCC(C(=O)OC)CC1. The van der Waals surface area contributed by atoms with Gasteiger partial charge in [-0.3, -0.25) is 4.79 Å². The van der Waals surface area contributed by atoms with E-state index >= 15 is 0 Å². The van der Waals surface area contributed by atoms with Crippen LogP contribution in [0.15, 0.2) is 0 Å². The van der Waals surface area contributed by atoms with Crippen molar-refractivity contribution in [2.24, 2.45) is 5.92 Å². The zero-order chi connectivity index (χ0) is 12.4. The van der Waals surface area contributed by atoms with Crippen LogP contribution in [0.5, 0.6) is 0 Å². The molecule has 3 heteroatoms. The second-order valence-corrected chi connectivity index (χ2v) is 3.99. The predicted molar refractivity (Wildman–Crippen MR) is 67.4 cm³/mol. The number of piperidine rings is 1. The summed E-state index contributed by atoms with van der Waals surface area (Å²) in [6.07, 6.45) is 4.45. The standard InChI is InChI=1S/C11H21NO2.C2H6/c1-3-4-7-12-8-5-10(6-9-12)11(13)14-2;1-2/h10H,3-9H2,1-2H3;1-2H3. The molecule has 0 atom stereocenters. The Hall–Kier alpha value is -0.570. The van der Waals surface area contributed by atoms with Gasteiger partial charge in [-0.25, -0.2) is 0 Å². The topological polar surface area (TPSA) is 29.5 Å². The minimum absolute atomic E-state index is 0.0276. The van der Waals surface area contributed by atoms with E-state index in [0.717, 1.165) is 25.9 Å². The van der Waals surface area contributed by atoms with Gasteiger partial charge in [0.25, 0.3) is 0 Å². The number of likely N-dealkylation sites (tertiary alicyclic amines) is 1. The maximum Gasteiger partial charge on any atom is 0.308 e. The van der Waals surface area contributed by atoms with Gasteiger partial charge in [0.05, 0.1) is 13.0 Å². The minimum Gasteiger partial charge on any atom is -0.469 e. The highest BCUT2D eigenvalue weighted by atomic mass is 16.5. The first-order valence-corrected chi connectivity index (χ1v) is 6.58. The fourth-order valence-corrected chi connectivity index (χ4v) is 1.94. The van der Waals surface area contributed by atoms with Gasteiger partial charge >= 0.3 is 5.97 Å². The van der Waals surface area contributed by atoms with Gasteiger partial charge in [0.1, 0.15) is 0 Å². The van der Waals surface area contributed by atoms with E-state index in [4.69, 9.17) is 4.74 Å². The Labute approximate surface area is 100 Å². The van der Waals surface area contributed by atoms with E-state index < -0.39 is 0 Å². The normalized spacial score (nSPS) is 17.5. The molecule has 1 aliphatic rings. The molecule has 3 nitrogen and oxygen atoms in total. The Morgan fingerprint density at radius 1 is 1.31 bits per heavy atom. The summed E-state index contributed by atoms with van der Waals surface area (Å²) in [6, 6.07) is 0. The Morgan fingerprint density at radius 3 is 2.31 bits per heavy atom. The number of carbonyl (C=O) groups is 1. The van der Waals surface area contributed by atoms with Crippen LogP contribution in [0.4, 0.5) is 0 Å². The van der Waals surface area contributed by atoms with Crippen molar-refractivity contribution in [2.45, 2.75) is 46.5 Å². The van der Waals surface area contributed by atoms with Gasteiger partial charge in [0.2, 0.25) is 0 Å². The molecular weight excluding hydrogens is 202 g/mol. The van der Waals surface area contributed by atoms with Gasteiger partial charge in [-0.2, -0.15) is 0 Å². The average molecular weight is 229 g/mol. The van der Waals surface area contributed by atoms with Crippen molar-refractivity contribution in [3.8, 4) is 0 Å². The molecule has 16 heavy (non-hydrogen) atoms. The van der Waals surface area contributed by atoms with Crippen LogP contribution in [0.25, 0.3) is 0 Å². The Kier molecular flexibility index (Phi) is 9.30. The van der Waals surface area contributed by atoms with E-state index in [-0.39, 0.29) is 11.9 Å². The van der Waals surface area contributed by atoms with Crippen molar-refractivity contribution < 1.29 is 9.53 Å². The van der Waals surface area contributed by atoms with Crippen LogP contribution in [0.2, 0.25) is 0 Å². The highest BCUT2D eigenvalue weighted by molar-refractivity contribution is 5.72. The van der Waals surface area contributed by atoms with Crippen molar-refractivity contribution >= 4 is 5.97 Å². The number of carbonyl (C=O) groups excluding carboxylic acids is 1. The van der Waals surface area contributed by atoms with Crippen molar-refractivity contribution in [3.63, 3.8) is 0 Å². The third-order valence-corrected chi connectivity index (χ3v) is 2.95. The van der Waals surface area contributed by atoms with Gasteiger partial charge in [0, 0.05) is 0 Å². The number of unbranched alkanes of at least 4 members (excludes halogenated alkanes) is 1. The lowest BCUT2D eigenvalue weighted by atomic mass is 9.97. The zero-order valence-corrected chi connectivity index (χ0v) is 11.3. The summed E-state index contributed by atoms with van der Waals surface area (Å²) in [6.45, 7) is 9.51. The number of esters is 1. The molecule has 1 heterocycles. The van der Waals surface area contributed by atoms with E-state index in [9.17, 15) is 4.79 Å². The molecule has 0 unspecified atom stereocenters. The van der Waals surface area contributed by atoms with E-state index in [1.54, 1.807) is 0 Å². The van der Waals surface area contributed by atoms with Gasteiger partial charge in [-0.05, 0) is 38.9 Å². The molecule has 1 fully saturated rings. The highest BCUT2D eigenvalue weighted by Gasteiger charge is 2.24. The summed E-state index contributed by atoms with van der Waals surface area (Å²) in [5, 5.41) is 0. The van der Waals surface area contributed by atoms with E-state index in [0.29, 0.717) is 0 Å². The van der Waals surface area contributed by atoms with Crippen molar-refractivity contribution in [1.82, 2.24) is 4.90 Å². The maximum atomic E-state index is 11.2. The van der Waals surface area contributed by atoms with Crippen LogP contribution < -0.4 is 0 Å². The lowest BCUT2D eigenvalue weighted by Crippen LogP contribution is -2.37. The fourth-order valence-electron chi connectivity index (χ4n) is 1.94. The average Bonchev–Trinajstić information content (AvgIpc) is 2.38. The van der Waals surface area contributed by atoms with Gasteiger partial charge in [0.15, 0.2) is 0 Å². The number of ether oxygens (including phenoxy) is 1. The quantitative estimate of drug-likeness (QED) is 0.694. The summed E-state index contributed by atoms with van der Waals surface area (Å²) in [5.74, 6) is 0.123. The molecule has 0 radical (unpaired) electrons. The van der Waals surface area contributed by atoms with Gasteiger partial charge in [-0.1, -0.05) is 27.2 Å². The van der Waals surface area contributed by atoms with Crippen LogP contribution in [0.1, 0.15) is 46.5 Å². The molecule has 0 aromatic rings. The third-order valence-electron chi connectivity index (χ3n) is 2.95. The van der Waals surface area contributed by atoms with E-state index in [1.165, 1.54) is 26.5 Å². The molecule has 1 saturated heterocycles. The largest absolute Gasteiger partial charge is 0.469 e. The van der Waals surface area contributed by atoms with Crippen LogP contribution in [0, 0.1) is 5.92 Å². The molecule has 0 aromatic heterocycles. The molecular formula is C13H27NO2. The molecule has 0 aromatic carbocycles. The number of rotatable bonds is 4. The molecule has 0 amide bonds. The predicted octanol–water partition coefficient (Wildman–Crippen LogP) is 2.70. The second kappa shape index (κ2) is 9.64. The van der Waals surface area contributed by atoms with Crippen LogP contribution >= 0.6 is 0 Å². The van der Waals surface area contributed by atoms with Crippen molar-refractivity contribution in [2.75, 3.05) is 26.7 Å². The van der Waals surface area contributed by atoms with Gasteiger partial charge in [-0.15, -0.1) is 0 Å². The number of hydrogen-bond acceptors (Lipinski definition) is 3. The summed E-state index contributed by atoms with van der Waals surface area (Å²) in [5.41, 5.74) is 0. The first-order valence-electron chi connectivity index (χ1n) is 6.58. The maximum absolute atomic E-state index is 11.2. The molecule has 96 valence electrons. The number of nitrogens with zero attached hydrogens (tertiary/aromatic N) is 1. The monoisotopic (exact) mass is 229 g/mol. The Morgan fingerprint density at radius 2 is 1.88 bits per heavy atom. The Bertz CT molecular complexity index is 175. The number of hydrogen-bond donors (Lipinski definition) is 0. The molecule has 0 spiro atoms. The first-order chi connectivity index (χ1) is 7.77. The lowest BCUT2D eigenvalue weighted by molar-refractivity contribution is -0.147. The summed E-state index contributed by atoms with van der Waals surface area (Å²) < 4.78 is 4.75. The summed E-state index contributed by atoms with van der Waals surface area (Å²) in [7, 11) is 1.48.